The minimum atomic E-state index is -0.825. The molecule has 1 aliphatic heterocycles. The monoisotopic (exact) mass is 185 g/mol. The van der Waals surface area contributed by atoms with Crippen LogP contribution in [-0.4, -0.2) is 42.3 Å². The van der Waals surface area contributed by atoms with Gasteiger partial charge in [-0.1, -0.05) is 6.92 Å². The van der Waals surface area contributed by atoms with Crippen LogP contribution in [0.5, 0.6) is 0 Å². The molecule has 0 spiro atoms. The maximum atomic E-state index is 10.7. The Morgan fingerprint density at radius 1 is 1.54 bits per heavy atom. The number of rotatable bonds is 3. The van der Waals surface area contributed by atoms with E-state index in [4.69, 9.17) is 9.84 Å². The molecule has 1 N–H and O–H groups in total. The molecule has 74 valence electrons. The minimum absolute atomic E-state index is 0.460. The van der Waals surface area contributed by atoms with Gasteiger partial charge in [-0.15, -0.1) is 0 Å². The fourth-order valence-corrected chi connectivity index (χ4v) is 1.22. The maximum Gasteiger partial charge on any atom is 0.333 e. The van der Waals surface area contributed by atoms with Gasteiger partial charge in [-0.3, -0.25) is 0 Å². The van der Waals surface area contributed by atoms with Gasteiger partial charge in [-0.05, 0) is 6.42 Å². The van der Waals surface area contributed by atoms with E-state index in [-0.39, 0.29) is 0 Å². The lowest BCUT2D eigenvalue weighted by molar-refractivity contribution is -0.132. The van der Waals surface area contributed by atoms with Crippen molar-refractivity contribution in [2.24, 2.45) is 0 Å². The largest absolute Gasteiger partial charge is 0.478 e. The lowest BCUT2D eigenvalue weighted by Crippen LogP contribution is -2.32. The molecule has 1 fully saturated rings. The van der Waals surface area contributed by atoms with E-state index in [2.05, 4.69) is 0 Å². The first-order valence-electron chi connectivity index (χ1n) is 4.50. The summed E-state index contributed by atoms with van der Waals surface area (Å²) in [6, 6.07) is 0. The third-order valence-corrected chi connectivity index (χ3v) is 2.04. The summed E-state index contributed by atoms with van der Waals surface area (Å²) in [6.07, 6.45) is 2.29. The number of carboxylic acid groups (broad SMARTS) is 1. The van der Waals surface area contributed by atoms with Crippen molar-refractivity contribution >= 4 is 5.97 Å². The molecule has 4 nitrogen and oxygen atoms in total. The average Bonchev–Trinajstić information content (AvgIpc) is 2.15. The predicted octanol–water partition coefficient (Wildman–Crippen LogP) is 0.697. The van der Waals surface area contributed by atoms with E-state index in [1.165, 1.54) is 0 Å². The zero-order chi connectivity index (χ0) is 9.68. The molecule has 13 heavy (non-hydrogen) atoms. The summed E-state index contributed by atoms with van der Waals surface area (Å²) in [5.74, 6) is -0.825. The van der Waals surface area contributed by atoms with Crippen LogP contribution in [0.2, 0.25) is 0 Å². The summed E-state index contributed by atoms with van der Waals surface area (Å²) in [6.45, 7) is 4.80. The van der Waals surface area contributed by atoms with Crippen LogP contribution >= 0.6 is 0 Å². The Morgan fingerprint density at radius 2 is 2.15 bits per heavy atom. The van der Waals surface area contributed by atoms with E-state index in [9.17, 15) is 4.79 Å². The van der Waals surface area contributed by atoms with Crippen molar-refractivity contribution in [2.75, 3.05) is 26.3 Å². The normalized spacial score (nSPS) is 18.8. The van der Waals surface area contributed by atoms with Gasteiger partial charge in [0.2, 0.25) is 0 Å². The summed E-state index contributed by atoms with van der Waals surface area (Å²) in [7, 11) is 0. The van der Waals surface area contributed by atoms with E-state index >= 15 is 0 Å². The van der Waals surface area contributed by atoms with E-state index < -0.39 is 5.97 Å². The van der Waals surface area contributed by atoms with Crippen molar-refractivity contribution in [2.45, 2.75) is 13.3 Å². The van der Waals surface area contributed by atoms with Gasteiger partial charge in [-0.25, -0.2) is 4.79 Å². The predicted molar refractivity (Wildman–Crippen MR) is 48.4 cm³/mol. The van der Waals surface area contributed by atoms with Crippen molar-refractivity contribution in [3.8, 4) is 0 Å². The summed E-state index contributed by atoms with van der Waals surface area (Å²) in [5.41, 5.74) is 0.460. The SMILES string of the molecule is CC/C(=C\N1CCOCC1)C(=O)O. The molecule has 0 unspecified atom stereocenters. The summed E-state index contributed by atoms with van der Waals surface area (Å²) < 4.78 is 5.16. The second-order valence-corrected chi connectivity index (χ2v) is 2.96. The Balaban J connectivity index is 2.54. The van der Waals surface area contributed by atoms with E-state index in [1.54, 1.807) is 6.20 Å². The number of morpholine rings is 1. The van der Waals surface area contributed by atoms with Gasteiger partial charge in [0, 0.05) is 19.3 Å². The quantitative estimate of drug-likeness (QED) is 0.657. The van der Waals surface area contributed by atoms with Crippen LogP contribution in [0.15, 0.2) is 11.8 Å². The van der Waals surface area contributed by atoms with Gasteiger partial charge in [-0.2, -0.15) is 0 Å². The number of hydrogen-bond donors (Lipinski definition) is 1. The second kappa shape index (κ2) is 4.87. The van der Waals surface area contributed by atoms with Crippen molar-refractivity contribution in [3.63, 3.8) is 0 Å². The third kappa shape index (κ3) is 3.06. The highest BCUT2D eigenvalue weighted by atomic mass is 16.5. The maximum absolute atomic E-state index is 10.7. The fourth-order valence-electron chi connectivity index (χ4n) is 1.22. The molecule has 1 rings (SSSR count). The number of hydrogen-bond acceptors (Lipinski definition) is 3. The molecule has 0 saturated carbocycles. The van der Waals surface area contributed by atoms with Crippen molar-refractivity contribution in [3.05, 3.63) is 11.8 Å². The van der Waals surface area contributed by atoms with Gasteiger partial charge >= 0.3 is 5.97 Å². The molecule has 0 atom stereocenters. The topological polar surface area (TPSA) is 49.8 Å². The first-order valence-corrected chi connectivity index (χ1v) is 4.50. The van der Waals surface area contributed by atoms with Crippen LogP contribution in [0.3, 0.4) is 0 Å². The lowest BCUT2D eigenvalue weighted by Gasteiger charge is -2.25. The Bertz CT molecular complexity index is 207. The Morgan fingerprint density at radius 3 is 2.62 bits per heavy atom. The number of carbonyl (C=O) groups is 1. The Kier molecular flexibility index (Phi) is 3.76. The Labute approximate surface area is 77.8 Å². The van der Waals surface area contributed by atoms with Gasteiger partial charge in [0.25, 0.3) is 0 Å². The van der Waals surface area contributed by atoms with Gasteiger partial charge < -0.3 is 14.7 Å². The van der Waals surface area contributed by atoms with Crippen molar-refractivity contribution in [1.82, 2.24) is 4.90 Å². The number of carboxylic acids is 1. The molecule has 0 aromatic rings. The molecule has 0 radical (unpaired) electrons. The lowest BCUT2D eigenvalue weighted by atomic mass is 10.2. The molecule has 0 aliphatic carbocycles. The summed E-state index contributed by atoms with van der Waals surface area (Å²) in [4.78, 5) is 12.7. The highest BCUT2D eigenvalue weighted by molar-refractivity contribution is 5.86. The summed E-state index contributed by atoms with van der Waals surface area (Å²) in [5, 5.41) is 8.78. The van der Waals surface area contributed by atoms with E-state index in [1.807, 2.05) is 11.8 Å². The van der Waals surface area contributed by atoms with Gasteiger partial charge in [0.15, 0.2) is 0 Å². The standard InChI is InChI=1S/C9H15NO3/c1-2-8(9(11)12)7-10-3-5-13-6-4-10/h7H,2-6H2,1H3,(H,11,12)/b8-7+. The molecule has 0 aromatic carbocycles. The molecule has 1 heterocycles. The van der Waals surface area contributed by atoms with Gasteiger partial charge in [0.05, 0.1) is 18.8 Å². The highest BCUT2D eigenvalue weighted by Gasteiger charge is 2.10. The van der Waals surface area contributed by atoms with Crippen molar-refractivity contribution < 1.29 is 14.6 Å². The second-order valence-electron chi connectivity index (χ2n) is 2.96. The van der Waals surface area contributed by atoms with E-state index in [0.717, 1.165) is 13.1 Å². The Hall–Kier alpha value is -1.03. The smallest absolute Gasteiger partial charge is 0.333 e. The molecular weight excluding hydrogens is 170 g/mol. The molecule has 0 amide bonds. The fraction of sp³-hybridized carbons (Fsp3) is 0.667. The van der Waals surface area contributed by atoms with Crippen LogP contribution in [0, 0.1) is 0 Å². The summed E-state index contributed by atoms with van der Waals surface area (Å²) >= 11 is 0. The van der Waals surface area contributed by atoms with Crippen LogP contribution in [0.1, 0.15) is 13.3 Å². The molecule has 4 heteroatoms. The minimum Gasteiger partial charge on any atom is -0.478 e. The number of aliphatic carboxylic acids is 1. The first-order chi connectivity index (χ1) is 6.24. The van der Waals surface area contributed by atoms with Crippen LogP contribution in [0.25, 0.3) is 0 Å². The molecule has 0 aromatic heterocycles. The molecule has 0 bridgehead atoms. The zero-order valence-electron chi connectivity index (χ0n) is 7.82. The van der Waals surface area contributed by atoms with Crippen LogP contribution in [-0.2, 0) is 9.53 Å². The number of ether oxygens (including phenoxy) is 1. The molecule has 1 saturated heterocycles. The van der Waals surface area contributed by atoms with Gasteiger partial charge in [0.1, 0.15) is 0 Å². The van der Waals surface area contributed by atoms with E-state index in [0.29, 0.717) is 25.2 Å². The highest BCUT2D eigenvalue weighted by Crippen LogP contribution is 2.05. The molecular formula is C9H15NO3. The number of nitrogens with zero attached hydrogens (tertiary/aromatic N) is 1. The molecule has 1 aliphatic rings. The average molecular weight is 185 g/mol. The first kappa shape index (κ1) is 10.1. The van der Waals surface area contributed by atoms with Crippen LogP contribution < -0.4 is 0 Å². The van der Waals surface area contributed by atoms with Crippen molar-refractivity contribution in [1.29, 1.82) is 0 Å². The zero-order valence-corrected chi connectivity index (χ0v) is 7.82. The third-order valence-electron chi connectivity index (χ3n) is 2.04. The van der Waals surface area contributed by atoms with Crippen LogP contribution in [0.4, 0.5) is 0 Å².